The number of fused-ring (bicyclic) bond motifs is 1. The van der Waals surface area contributed by atoms with E-state index in [-0.39, 0.29) is 11.6 Å². The minimum atomic E-state index is -0.520. The fourth-order valence-electron chi connectivity index (χ4n) is 2.10. The molecule has 3 aromatic rings. The second-order valence-electron chi connectivity index (χ2n) is 4.74. The number of azo groups is 1. The predicted molar refractivity (Wildman–Crippen MR) is 85.5 cm³/mol. The van der Waals surface area contributed by atoms with Crippen LogP contribution in [0.3, 0.4) is 0 Å². The van der Waals surface area contributed by atoms with Gasteiger partial charge >= 0.3 is 0 Å². The second-order valence-corrected chi connectivity index (χ2v) is 5.59. The van der Waals surface area contributed by atoms with Crippen LogP contribution in [0.4, 0.5) is 5.69 Å². The Morgan fingerprint density at radius 3 is 2.95 bits per heavy atom. The van der Waals surface area contributed by atoms with Crippen LogP contribution in [0, 0.1) is 6.92 Å². The summed E-state index contributed by atoms with van der Waals surface area (Å²) in [4.78, 5) is 18.6. The van der Waals surface area contributed by atoms with E-state index in [0.717, 1.165) is 10.0 Å². The van der Waals surface area contributed by atoms with Crippen molar-refractivity contribution in [2.45, 2.75) is 6.92 Å². The topological polar surface area (TPSA) is 90.7 Å². The highest BCUT2D eigenvalue weighted by Gasteiger charge is 2.14. The summed E-state index contributed by atoms with van der Waals surface area (Å²) < 4.78 is 0.804. The molecule has 1 aromatic carbocycles. The molecule has 2 N–H and O–H groups in total. The third-order valence-corrected chi connectivity index (χ3v) is 3.73. The molecule has 3 rings (SSSR count). The fourth-order valence-corrected chi connectivity index (χ4v) is 2.78. The number of pyridine rings is 1. The van der Waals surface area contributed by atoms with Gasteiger partial charge in [-0.1, -0.05) is 0 Å². The van der Waals surface area contributed by atoms with Crippen molar-refractivity contribution in [3.63, 3.8) is 0 Å². The molecule has 0 aliphatic rings. The number of benzene rings is 1. The highest BCUT2D eigenvalue weighted by atomic mass is 79.9. The zero-order chi connectivity index (χ0) is 15.7. The van der Waals surface area contributed by atoms with Crippen LogP contribution in [-0.2, 0) is 0 Å². The van der Waals surface area contributed by atoms with Crippen molar-refractivity contribution in [3.8, 4) is 5.88 Å². The van der Waals surface area contributed by atoms with Gasteiger partial charge in [0.05, 0.1) is 11.1 Å². The van der Waals surface area contributed by atoms with Crippen LogP contribution in [0.25, 0.3) is 10.9 Å². The van der Waals surface area contributed by atoms with Crippen molar-refractivity contribution in [1.82, 2.24) is 9.97 Å². The molecule has 7 heteroatoms. The van der Waals surface area contributed by atoms with Gasteiger partial charge in [-0.15, -0.1) is 10.2 Å². The molecule has 6 nitrogen and oxygen atoms in total. The lowest BCUT2D eigenvalue weighted by molar-refractivity contribution is 0.0994. The van der Waals surface area contributed by atoms with Crippen LogP contribution in [-0.4, -0.2) is 21.0 Å². The highest BCUT2D eigenvalue weighted by molar-refractivity contribution is 9.10. The maximum Gasteiger partial charge on any atom is 0.296 e. The SMILES string of the molecule is Cc1cc(Br)c2[nH]c(O)c(N=NC(=O)c3cccnc3)c2c1. The lowest BCUT2D eigenvalue weighted by atomic mass is 10.1. The van der Waals surface area contributed by atoms with Gasteiger partial charge in [0.15, 0.2) is 5.69 Å². The minimum absolute atomic E-state index is 0.135. The van der Waals surface area contributed by atoms with Crippen LogP contribution in [0.1, 0.15) is 15.9 Å². The van der Waals surface area contributed by atoms with E-state index >= 15 is 0 Å². The van der Waals surface area contributed by atoms with E-state index in [1.807, 2.05) is 19.1 Å². The number of aromatic amines is 1. The molecule has 1 amide bonds. The van der Waals surface area contributed by atoms with Gasteiger partial charge in [0.2, 0.25) is 5.88 Å². The molecule has 0 atom stereocenters. The van der Waals surface area contributed by atoms with Crippen LogP contribution in [0.15, 0.2) is 51.4 Å². The average Bonchev–Trinajstić information content (AvgIpc) is 2.82. The van der Waals surface area contributed by atoms with E-state index in [4.69, 9.17) is 0 Å². The number of H-pyrrole nitrogens is 1. The molecule has 0 unspecified atom stereocenters. The third kappa shape index (κ3) is 2.62. The van der Waals surface area contributed by atoms with E-state index in [1.165, 1.54) is 6.20 Å². The summed E-state index contributed by atoms with van der Waals surface area (Å²) in [6.07, 6.45) is 2.98. The number of aryl methyl sites for hydroxylation is 1. The van der Waals surface area contributed by atoms with Crippen LogP contribution in [0.5, 0.6) is 5.88 Å². The van der Waals surface area contributed by atoms with Gasteiger partial charge in [0, 0.05) is 22.3 Å². The normalized spacial score (nSPS) is 11.4. The monoisotopic (exact) mass is 358 g/mol. The van der Waals surface area contributed by atoms with Gasteiger partial charge in [0.1, 0.15) is 0 Å². The first kappa shape index (κ1) is 14.4. The Morgan fingerprint density at radius 2 is 2.23 bits per heavy atom. The van der Waals surface area contributed by atoms with E-state index in [9.17, 15) is 9.90 Å². The lowest BCUT2D eigenvalue weighted by Gasteiger charge is -1.97. The molecule has 110 valence electrons. The van der Waals surface area contributed by atoms with Crippen molar-refractivity contribution in [3.05, 3.63) is 52.3 Å². The smallest absolute Gasteiger partial charge is 0.296 e. The van der Waals surface area contributed by atoms with Crippen LogP contribution in [0.2, 0.25) is 0 Å². The second kappa shape index (κ2) is 5.69. The summed E-state index contributed by atoms with van der Waals surface area (Å²) >= 11 is 3.42. The summed E-state index contributed by atoms with van der Waals surface area (Å²) in [7, 11) is 0. The Hall–Kier alpha value is -2.54. The quantitative estimate of drug-likeness (QED) is 0.670. The molecule has 0 bridgehead atoms. The van der Waals surface area contributed by atoms with Gasteiger partial charge in [-0.25, -0.2) is 0 Å². The Balaban J connectivity index is 2.02. The number of aromatic nitrogens is 2. The number of rotatable bonds is 2. The number of hydrogen-bond acceptors (Lipinski definition) is 4. The van der Waals surface area contributed by atoms with Crippen molar-refractivity contribution < 1.29 is 9.90 Å². The molecule has 2 aromatic heterocycles. The first-order valence-corrected chi connectivity index (χ1v) is 7.22. The molecule has 0 aliphatic heterocycles. The zero-order valence-corrected chi connectivity index (χ0v) is 13.1. The summed E-state index contributed by atoms with van der Waals surface area (Å²) in [6, 6.07) is 7.02. The number of aromatic hydroxyl groups is 1. The molecule has 0 fully saturated rings. The van der Waals surface area contributed by atoms with Gasteiger partial charge in [-0.2, -0.15) is 0 Å². The maximum absolute atomic E-state index is 11.9. The van der Waals surface area contributed by atoms with E-state index < -0.39 is 5.91 Å². The Bertz CT molecular complexity index is 887. The lowest BCUT2D eigenvalue weighted by Crippen LogP contribution is -1.93. The molecular weight excluding hydrogens is 348 g/mol. The standard InChI is InChI=1S/C15H11BrN4O2/c1-8-5-10-12(11(16)6-8)18-15(22)13(10)19-20-14(21)9-3-2-4-17-7-9/h2-7,18,22H,1H3. The van der Waals surface area contributed by atoms with E-state index in [2.05, 4.69) is 36.1 Å². The van der Waals surface area contributed by atoms with Gasteiger partial charge in [-0.05, 0) is 52.7 Å². The van der Waals surface area contributed by atoms with Crippen molar-refractivity contribution in [2.75, 3.05) is 0 Å². The number of nitrogens with one attached hydrogen (secondary N) is 1. The van der Waals surface area contributed by atoms with Gasteiger partial charge in [-0.3, -0.25) is 9.78 Å². The fraction of sp³-hybridized carbons (Fsp3) is 0.0667. The molecule has 0 saturated heterocycles. The zero-order valence-electron chi connectivity index (χ0n) is 11.5. The van der Waals surface area contributed by atoms with Crippen LogP contribution < -0.4 is 0 Å². The number of carbonyl (C=O) groups excluding carboxylic acids is 1. The van der Waals surface area contributed by atoms with E-state index in [0.29, 0.717) is 16.5 Å². The van der Waals surface area contributed by atoms with Gasteiger partial charge < -0.3 is 10.1 Å². The molecular formula is C15H11BrN4O2. The van der Waals surface area contributed by atoms with Crippen LogP contribution >= 0.6 is 15.9 Å². The predicted octanol–water partition coefficient (Wildman–Crippen LogP) is 4.26. The summed E-state index contributed by atoms with van der Waals surface area (Å²) in [5.41, 5.74) is 2.26. The molecule has 22 heavy (non-hydrogen) atoms. The first-order chi connectivity index (χ1) is 10.6. The Labute approximate surface area is 134 Å². The Morgan fingerprint density at radius 1 is 1.41 bits per heavy atom. The Kier molecular flexibility index (Phi) is 3.72. The van der Waals surface area contributed by atoms with Gasteiger partial charge in [0.25, 0.3) is 5.91 Å². The molecule has 0 radical (unpaired) electrons. The van der Waals surface area contributed by atoms with E-state index in [1.54, 1.807) is 18.3 Å². The molecule has 0 spiro atoms. The number of halogens is 1. The number of hydrogen-bond donors (Lipinski definition) is 2. The maximum atomic E-state index is 11.9. The third-order valence-electron chi connectivity index (χ3n) is 3.11. The molecule has 2 heterocycles. The largest absolute Gasteiger partial charge is 0.493 e. The molecule has 0 aliphatic carbocycles. The van der Waals surface area contributed by atoms with Crippen molar-refractivity contribution in [1.29, 1.82) is 0 Å². The molecule has 0 saturated carbocycles. The number of nitrogens with zero attached hydrogens (tertiary/aromatic N) is 3. The number of carbonyl (C=O) groups is 1. The summed E-state index contributed by atoms with van der Waals surface area (Å²) in [5, 5.41) is 18.2. The summed E-state index contributed by atoms with van der Waals surface area (Å²) in [5.74, 6) is -0.655. The summed E-state index contributed by atoms with van der Waals surface area (Å²) in [6.45, 7) is 1.93. The van der Waals surface area contributed by atoms with Crippen molar-refractivity contribution in [2.24, 2.45) is 10.2 Å². The first-order valence-electron chi connectivity index (χ1n) is 6.43. The van der Waals surface area contributed by atoms with Crippen molar-refractivity contribution >= 4 is 38.4 Å². The number of amides is 1. The highest BCUT2D eigenvalue weighted by Crippen LogP contribution is 2.39. The minimum Gasteiger partial charge on any atom is -0.493 e. The average molecular weight is 359 g/mol.